The summed E-state index contributed by atoms with van der Waals surface area (Å²) in [6, 6.07) is 4.56. The van der Waals surface area contributed by atoms with Crippen LogP contribution in [-0.2, 0) is 16.1 Å². The number of benzene rings is 1. The van der Waals surface area contributed by atoms with E-state index >= 15 is 0 Å². The smallest absolute Gasteiger partial charge is 0.234 e. The van der Waals surface area contributed by atoms with Crippen LogP contribution in [0.2, 0.25) is 5.02 Å². The number of halogens is 2. The van der Waals surface area contributed by atoms with Gasteiger partial charge in [0.05, 0.1) is 11.8 Å². The number of fused-ring (bicyclic) bond motifs is 1. The van der Waals surface area contributed by atoms with E-state index in [2.05, 4.69) is 0 Å². The Balaban J connectivity index is 1.73. The molecule has 0 spiro atoms. The van der Waals surface area contributed by atoms with E-state index in [0.717, 1.165) is 0 Å². The average Bonchev–Trinajstić information content (AvgIpc) is 2.90. The van der Waals surface area contributed by atoms with Crippen LogP contribution in [0.25, 0.3) is 0 Å². The SMILES string of the molecule is CN1C(=O)[C@H]2CN(Cc3ccc(Cl)cc3F)C[C@H]2C1=O. The third kappa shape index (κ3) is 2.11. The van der Waals surface area contributed by atoms with Gasteiger partial charge in [0.2, 0.25) is 11.8 Å². The van der Waals surface area contributed by atoms with Crippen molar-refractivity contribution in [2.75, 3.05) is 20.1 Å². The molecule has 0 saturated carbocycles. The molecule has 2 atom stereocenters. The van der Waals surface area contributed by atoms with Crippen molar-refractivity contribution in [3.05, 3.63) is 34.6 Å². The maximum atomic E-state index is 13.8. The van der Waals surface area contributed by atoms with Crippen LogP contribution in [0.4, 0.5) is 4.39 Å². The lowest BCUT2D eigenvalue weighted by Gasteiger charge is -2.18. The lowest BCUT2D eigenvalue weighted by atomic mass is 10.00. The Kier molecular flexibility index (Phi) is 3.26. The van der Waals surface area contributed by atoms with Gasteiger partial charge >= 0.3 is 0 Å². The van der Waals surface area contributed by atoms with E-state index < -0.39 is 0 Å². The predicted molar refractivity (Wildman–Crippen MR) is 71.4 cm³/mol. The van der Waals surface area contributed by atoms with E-state index in [1.54, 1.807) is 12.1 Å². The molecule has 2 aliphatic heterocycles. The third-order valence-corrected chi connectivity index (χ3v) is 4.34. The average molecular weight is 297 g/mol. The van der Waals surface area contributed by atoms with Crippen molar-refractivity contribution in [1.82, 2.24) is 9.80 Å². The maximum absolute atomic E-state index is 13.8. The number of carbonyl (C=O) groups excluding carboxylic acids is 2. The van der Waals surface area contributed by atoms with Crippen molar-refractivity contribution in [2.24, 2.45) is 11.8 Å². The van der Waals surface area contributed by atoms with Crippen LogP contribution in [0.15, 0.2) is 18.2 Å². The Morgan fingerprint density at radius 2 is 1.85 bits per heavy atom. The van der Waals surface area contributed by atoms with Gasteiger partial charge < -0.3 is 0 Å². The number of likely N-dealkylation sites (tertiary alicyclic amines) is 2. The summed E-state index contributed by atoms with van der Waals surface area (Å²) >= 11 is 5.72. The molecule has 4 nitrogen and oxygen atoms in total. The molecule has 2 aliphatic rings. The summed E-state index contributed by atoms with van der Waals surface area (Å²) in [5.41, 5.74) is 0.530. The third-order valence-electron chi connectivity index (χ3n) is 4.10. The van der Waals surface area contributed by atoms with Crippen LogP contribution in [0.5, 0.6) is 0 Å². The Labute approximate surface area is 121 Å². The van der Waals surface area contributed by atoms with Gasteiger partial charge in [-0.15, -0.1) is 0 Å². The van der Waals surface area contributed by atoms with Crippen molar-refractivity contribution in [3.63, 3.8) is 0 Å². The van der Waals surface area contributed by atoms with Crippen LogP contribution in [0.1, 0.15) is 5.56 Å². The Bertz CT molecular complexity index is 569. The van der Waals surface area contributed by atoms with Gasteiger partial charge in [-0.05, 0) is 12.1 Å². The molecule has 3 rings (SSSR count). The fourth-order valence-electron chi connectivity index (χ4n) is 3.01. The summed E-state index contributed by atoms with van der Waals surface area (Å²) < 4.78 is 13.8. The highest BCUT2D eigenvalue weighted by atomic mass is 35.5. The molecule has 0 unspecified atom stereocenters. The molecule has 0 bridgehead atoms. The number of nitrogens with zero attached hydrogens (tertiary/aromatic N) is 2. The van der Waals surface area contributed by atoms with Gasteiger partial charge in [-0.2, -0.15) is 0 Å². The first-order valence-electron chi connectivity index (χ1n) is 6.45. The highest BCUT2D eigenvalue weighted by molar-refractivity contribution is 6.30. The van der Waals surface area contributed by atoms with Crippen LogP contribution < -0.4 is 0 Å². The number of imide groups is 1. The summed E-state index contributed by atoms with van der Waals surface area (Å²) in [5, 5.41) is 0.358. The summed E-state index contributed by atoms with van der Waals surface area (Å²) in [6.45, 7) is 1.39. The quantitative estimate of drug-likeness (QED) is 0.777. The molecular formula is C14H14ClFN2O2. The van der Waals surface area contributed by atoms with Crippen LogP contribution in [-0.4, -0.2) is 41.8 Å². The Morgan fingerprint density at radius 1 is 1.25 bits per heavy atom. The molecule has 0 aliphatic carbocycles. The minimum absolute atomic E-state index is 0.126. The van der Waals surface area contributed by atoms with Gasteiger partial charge in [0.1, 0.15) is 5.82 Å². The Morgan fingerprint density at radius 3 is 2.40 bits per heavy atom. The number of hydrogen-bond donors (Lipinski definition) is 0. The van der Waals surface area contributed by atoms with Crippen molar-refractivity contribution < 1.29 is 14.0 Å². The van der Waals surface area contributed by atoms with E-state index in [1.165, 1.54) is 18.0 Å². The monoisotopic (exact) mass is 296 g/mol. The highest BCUT2D eigenvalue weighted by Gasteiger charge is 2.50. The first-order valence-corrected chi connectivity index (χ1v) is 6.83. The molecule has 1 aromatic rings. The molecule has 2 saturated heterocycles. The van der Waals surface area contributed by atoms with E-state index in [4.69, 9.17) is 11.6 Å². The van der Waals surface area contributed by atoms with Crippen molar-refractivity contribution in [2.45, 2.75) is 6.54 Å². The van der Waals surface area contributed by atoms with Crippen molar-refractivity contribution >= 4 is 23.4 Å². The van der Waals surface area contributed by atoms with Crippen molar-refractivity contribution in [3.8, 4) is 0 Å². The standard InChI is InChI=1S/C14H14ClFN2O2/c1-17-13(19)10-6-18(7-11(10)14(17)20)5-8-2-3-9(15)4-12(8)16/h2-4,10-11H,5-7H2,1H3/t10-,11+. The Hall–Kier alpha value is -1.46. The van der Waals surface area contributed by atoms with Crippen molar-refractivity contribution in [1.29, 1.82) is 0 Å². The van der Waals surface area contributed by atoms with Gasteiger partial charge in [0, 0.05) is 37.3 Å². The molecule has 106 valence electrons. The number of hydrogen-bond acceptors (Lipinski definition) is 3. The molecule has 0 radical (unpaired) electrons. The second-order valence-electron chi connectivity index (χ2n) is 5.38. The molecule has 20 heavy (non-hydrogen) atoms. The topological polar surface area (TPSA) is 40.6 Å². The largest absolute Gasteiger partial charge is 0.297 e. The zero-order chi connectivity index (χ0) is 14.4. The molecule has 2 heterocycles. The molecule has 2 fully saturated rings. The minimum atomic E-state index is -0.357. The zero-order valence-corrected chi connectivity index (χ0v) is 11.7. The van der Waals surface area contributed by atoms with E-state index in [9.17, 15) is 14.0 Å². The molecule has 0 N–H and O–H groups in total. The molecule has 0 aromatic heterocycles. The summed E-state index contributed by atoms with van der Waals surface area (Å²) in [7, 11) is 1.52. The van der Waals surface area contributed by atoms with E-state index in [0.29, 0.717) is 30.2 Å². The van der Waals surface area contributed by atoms with Gasteiger partial charge in [-0.3, -0.25) is 19.4 Å². The zero-order valence-electron chi connectivity index (χ0n) is 11.0. The second kappa shape index (κ2) is 4.82. The van der Waals surface area contributed by atoms with Crippen LogP contribution in [0.3, 0.4) is 0 Å². The van der Waals surface area contributed by atoms with E-state index in [1.807, 2.05) is 4.90 Å². The first kappa shape index (κ1) is 13.5. The number of rotatable bonds is 2. The highest BCUT2D eigenvalue weighted by Crippen LogP contribution is 2.33. The second-order valence-corrected chi connectivity index (χ2v) is 5.81. The normalized spacial score (nSPS) is 26.4. The molecular weight excluding hydrogens is 283 g/mol. The number of amides is 2. The van der Waals surface area contributed by atoms with Crippen LogP contribution in [0, 0.1) is 17.7 Å². The maximum Gasteiger partial charge on any atom is 0.234 e. The molecule has 6 heteroatoms. The number of carbonyl (C=O) groups is 2. The lowest BCUT2D eigenvalue weighted by Crippen LogP contribution is -2.33. The predicted octanol–water partition coefficient (Wildman–Crippen LogP) is 1.53. The lowest BCUT2D eigenvalue weighted by molar-refractivity contribution is -0.138. The fraction of sp³-hybridized carbons (Fsp3) is 0.429. The van der Waals surface area contributed by atoms with E-state index in [-0.39, 0.29) is 29.5 Å². The summed E-state index contributed by atoms with van der Waals surface area (Å²) in [5.74, 6) is -1.16. The van der Waals surface area contributed by atoms with Crippen LogP contribution >= 0.6 is 11.6 Å². The summed E-state index contributed by atoms with van der Waals surface area (Å²) in [4.78, 5) is 26.9. The summed E-state index contributed by atoms with van der Waals surface area (Å²) in [6.07, 6.45) is 0. The fourth-order valence-corrected chi connectivity index (χ4v) is 3.17. The first-order chi connectivity index (χ1) is 9.47. The van der Waals surface area contributed by atoms with Gasteiger partial charge in [0.25, 0.3) is 0 Å². The van der Waals surface area contributed by atoms with Gasteiger partial charge in [-0.25, -0.2) is 4.39 Å². The molecule has 2 amide bonds. The van der Waals surface area contributed by atoms with Gasteiger partial charge in [0.15, 0.2) is 0 Å². The van der Waals surface area contributed by atoms with Gasteiger partial charge in [-0.1, -0.05) is 17.7 Å². The molecule has 1 aromatic carbocycles. The minimum Gasteiger partial charge on any atom is -0.297 e.